The highest BCUT2D eigenvalue weighted by molar-refractivity contribution is 9.10. The van der Waals surface area contributed by atoms with Gasteiger partial charge in [0.1, 0.15) is 0 Å². The predicted octanol–water partition coefficient (Wildman–Crippen LogP) is 3.95. The highest BCUT2D eigenvalue weighted by atomic mass is 79.9. The molecule has 0 N–H and O–H groups in total. The zero-order valence-electron chi connectivity index (χ0n) is 11.5. The lowest BCUT2D eigenvalue weighted by Crippen LogP contribution is -2.45. The SMILES string of the molecule is Cc1ccc(CCC(=O)N2CCCC(F)(F)C2)c(Br)c1. The van der Waals surface area contributed by atoms with Crippen LogP contribution < -0.4 is 0 Å². The number of benzene rings is 1. The summed E-state index contributed by atoms with van der Waals surface area (Å²) in [5.41, 5.74) is 2.18. The van der Waals surface area contributed by atoms with Crippen LogP contribution >= 0.6 is 15.9 Å². The second kappa shape index (κ2) is 6.20. The highest BCUT2D eigenvalue weighted by Gasteiger charge is 2.36. The van der Waals surface area contributed by atoms with Crippen molar-refractivity contribution in [1.82, 2.24) is 4.90 Å². The van der Waals surface area contributed by atoms with Crippen molar-refractivity contribution < 1.29 is 13.6 Å². The van der Waals surface area contributed by atoms with Crippen LogP contribution in [-0.2, 0) is 11.2 Å². The fraction of sp³-hybridized carbons (Fsp3) is 0.533. The van der Waals surface area contributed by atoms with Crippen molar-refractivity contribution in [3.8, 4) is 0 Å². The summed E-state index contributed by atoms with van der Waals surface area (Å²) in [6, 6.07) is 5.95. The molecule has 20 heavy (non-hydrogen) atoms. The molecule has 1 heterocycles. The Kier molecular flexibility index (Phi) is 4.78. The van der Waals surface area contributed by atoms with E-state index in [0.29, 0.717) is 19.4 Å². The van der Waals surface area contributed by atoms with Crippen molar-refractivity contribution in [2.24, 2.45) is 0 Å². The van der Waals surface area contributed by atoms with Crippen LogP contribution in [0.1, 0.15) is 30.4 Å². The minimum atomic E-state index is -2.72. The molecule has 1 saturated heterocycles. The predicted molar refractivity (Wildman–Crippen MR) is 78.0 cm³/mol. The van der Waals surface area contributed by atoms with Gasteiger partial charge in [-0.2, -0.15) is 0 Å². The van der Waals surface area contributed by atoms with E-state index in [1.165, 1.54) is 4.90 Å². The molecule has 1 amide bonds. The molecule has 110 valence electrons. The topological polar surface area (TPSA) is 20.3 Å². The van der Waals surface area contributed by atoms with Crippen LogP contribution in [0.2, 0.25) is 0 Å². The van der Waals surface area contributed by atoms with Gasteiger partial charge in [0.05, 0.1) is 6.54 Å². The third-order valence-electron chi connectivity index (χ3n) is 3.56. The minimum absolute atomic E-state index is 0.111. The van der Waals surface area contributed by atoms with Crippen molar-refractivity contribution in [3.05, 3.63) is 33.8 Å². The quantitative estimate of drug-likeness (QED) is 0.812. The average molecular weight is 346 g/mol. The van der Waals surface area contributed by atoms with Crippen molar-refractivity contribution in [2.45, 2.75) is 38.5 Å². The Morgan fingerprint density at radius 3 is 2.85 bits per heavy atom. The van der Waals surface area contributed by atoms with Gasteiger partial charge < -0.3 is 4.90 Å². The summed E-state index contributed by atoms with van der Waals surface area (Å²) in [6.07, 6.45) is 1.12. The van der Waals surface area contributed by atoms with E-state index in [2.05, 4.69) is 15.9 Å². The summed E-state index contributed by atoms with van der Waals surface area (Å²) in [4.78, 5) is 13.3. The number of nitrogens with zero attached hydrogens (tertiary/aromatic N) is 1. The molecule has 1 aromatic carbocycles. The first-order valence-corrected chi connectivity index (χ1v) is 7.57. The zero-order valence-corrected chi connectivity index (χ0v) is 13.1. The molecule has 0 radical (unpaired) electrons. The number of piperidine rings is 1. The summed E-state index contributed by atoms with van der Waals surface area (Å²) in [7, 11) is 0. The maximum atomic E-state index is 13.3. The van der Waals surface area contributed by atoms with Crippen LogP contribution in [0, 0.1) is 6.92 Å². The summed E-state index contributed by atoms with van der Waals surface area (Å²) in [5.74, 6) is -2.91. The molecule has 0 aromatic heterocycles. The molecule has 0 atom stereocenters. The van der Waals surface area contributed by atoms with Crippen molar-refractivity contribution in [1.29, 1.82) is 0 Å². The molecule has 5 heteroatoms. The lowest BCUT2D eigenvalue weighted by molar-refractivity contribution is -0.141. The van der Waals surface area contributed by atoms with Gasteiger partial charge in [0.2, 0.25) is 5.91 Å². The standard InChI is InChI=1S/C15H18BrF2NO/c1-11-3-4-12(13(16)9-11)5-6-14(20)19-8-2-7-15(17,18)10-19/h3-4,9H,2,5-8,10H2,1H3. The molecule has 0 unspecified atom stereocenters. The van der Waals surface area contributed by atoms with Crippen LogP contribution in [0.4, 0.5) is 8.78 Å². The van der Waals surface area contributed by atoms with Gasteiger partial charge in [0, 0.05) is 23.9 Å². The maximum Gasteiger partial charge on any atom is 0.265 e. The number of alkyl halides is 2. The maximum absolute atomic E-state index is 13.3. The van der Waals surface area contributed by atoms with Gasteiger partial charge >= 0.3 is 0 Å². The third-order valence-corrected chi connectivity index (χ3v) is 4.30. The number of amides is 1. The number of hydrogen-bond donors (Lipinski definition) is 0. The Labute approximate surface area is 126 Å². The fourth-order valence-corrected chi connectivity index (χ4v) is 3.13. The number of carbonyl (C=O) groups is 1. The molecule has 1 aliphatic heterocycles. The average Bonchev–Trinajstić information content (AvgIpc) is 2.36. The zero-order chi connectivity index (χ0) is 14.8. The molecule has 2 nitrogen and oxygen atoms in total. The van der Waals surface area contributed by atoms with Crippen molar-refractivity contribution in [2.75, 3.05) is 13.1 Å². The molecule has 0 bridgehead atoms. The molecule has 1 aromatic rings. The minimum Gasteiger partial charge on any atom is -0.337 e. The Morgan fingerprint density at radius 2 is 2.20 bits per heavy atom. The van der Waals surface area contributed by atoms with Crippen molar-refractivity contribution in [3.63, 3.8) is 0 Å². The molecule has 1 aliphatic rings. The summed E-state index contributed by atoms with van der Waals surface area (Å²) >= 11 is 3.47. The largest absolute Gasteiger partial charge is 0.337 e. The normalized spacial score (nSPS) is 18.1. The second-order valence-corrected chi connectivity index (χ2v) is 6.22. The van der Waals surface area contributed by atoms with Crippen LogP contribution in [0.3, 0.4) is 0 Å². The number of likely N-dealkylation sites (tertiary alicyclic amines) is 1. The van der Waals surface area contributed by atoms with Gasteiger partial charge in [0.25, 0.3) is 5.92 Å². The number of hydrogen-bond acceptors (Lipinski definition) is 1. The van der Waals surface area contributed by atoms with E-state index < -0.39 is 12.5 Å². The van der Waals surface area contributed by atoms with Crippen LogP contribution in [-0.4, -0.2) is 29.8 Å². The Balaban J connectivity index is 1.92. The van der Waals surface area contributed by atoms with E-state index in [9.17, 15) is 13.6 Å². The summed E-state index contributed by atoms with van der Waals surface area (Å²) in [5, 5.41) is 0. The summed E-state index contributed by atoms with van der Waals surface area (Å²) < 4.78 is 27.5. The van der Waals surface area contributed by atoms with Crippen molar-refractivity contribution >= 4 is 21.8 Å². The van der Waals surface area contributed by atoms with E-state index in [1.54, 1.807) is 0 Å². The number of halogens is 3. The molecular formula is C15H18BrF2NO. The molecule has 0 aliphatic carbocycles. The summed E-state index contributed by atoms with van der Waals surface area (Å²) in [6.45, 7) is 2.01. The van der Waals surface area contributed by atoms with Crippen LogP contribution in [0.25, 0.3) is 0 Å². The Hall–Kier alpha value is -0.970. The van der Waals surface area contributed by atoms with Gasteiger partial charge in [-0.25, -0.2) is 8.78 Å². The molecule has 2 rings (SSSR count). The Morgan fingerprint density at radius 1 is 1.45 bits per heavy atom. The molecule has 0 saturated carbocycles. The monoisotopic (exact) mass is 345 g/mol. The van der Waals surface area contributed by atoms with E-state index in [0.717, 1.165) is 15.6 Å². The van der Waals surface area contributed by atoms with Gasteiger partial charge in [0.15, 0.2) is 0 Å². The molecule has 0 spiro atoms. The first-order chi connectivity index (χ1) is 9.37. The third kappa shape index (κ3) is 4.01. The molecular weight excluding hydrogens is 328 g/mol. The van der Waals surface area contributed by atoms with Gasteiger partial charge in [-0.15, -0.1) is 0 Å². The number of rotatable bonds is 3. The van der Waals surface area contributed by atoms with Gasteiger partial charge in [-0.1, -0.05) is 28.1 Å². The number of carbonyl (C=O) groups excluding carboxylic acids is 1. The number of aryl methyl sites for hydroxylation is 2. The Bertz CT molecular complexity index is 505. The van der Waals surface area contributed by atoms with Crippen LogP contribution in [0.5, 0.6) is 0 Å². The van der Waals surface area contributed by atoms with E-state index in [-0.39, 0.29) is 18.7 Å². The first-order valence-electron chi connectivity index (χ1n) is 6.78. The highest BCUT2D eigenvalue weighted by Crippen LogP contribution is 2.27. The molecule has 1 fully saturated rings. The van der Waals surface area contributed by atoms with Gasteiger partial charge in [-0.05, 0) is 37.0 Å². The van der Waals surface area contributed by atoms with E-state index in [4.69, 9.17) is 0 Å². The van der Waals surface area contributed by atoms with E-state index >= 15 is 0 Å². The first kappa shape index (κ1) is 15.4. The second-order valence-electron chi connectivity index (χ2n) is 5.37. The lowest BCUT2D eigenvalue weighted by Gasteiger charge is -2.32. The van der Waals surface area contributed by atoms with E-state index in [1.807, 2.05) is 25.1 Å². The smallest absolute Gasteiger partial charge is 0.265 e. The lowest BCUT2D eigenvalue weighted by atomic mass is 10.0. The van der Waals surface area contributed by atoms with Gasteiger partial charge in [-0.3, -0.25) is 4.79 Å². The fourth-order valence-electron chi connectivity index (χ4n) is 2.43. The van der Waals surface area contributed by atoms with Crippen LogP contribution in [0.15, 0.2) is 22.7 Å².